The molecule has 0 spiro atoms. The maximum atomic E-state index is 5.96. The van der Waals surface area contributed by atoms with Crippen molar-refractivity contribution in [2.75, 3.05) is 12.4 Å². The largest absolute Gasteiger partial charge is 0.486 e. The molecule has 4 rings (SSSR count). The zero-order chi connectivity index (χ0) is 14.1. The number of fused-ring (bicyclic) bond motifs is 2. The third-order valence-electron chi connectivity index (χ3n) is 3.23. The summed E-state index contributed by atoms with van der Waals surface area (Å²) in [6.07, 6.45) is 0.0666. The number of ether oxygens (including phenoxy) is 2. The van der Waals surface area contributed by atoms with E-state index in [1.807, 2.05) is 42.5 Å². The van der Waals surface area contributed by atoms with Gasteiger partial charge in [0.1, 0.15) is 12.7 Å². The number of hydrogen-bond donors (Lipinski definition) is 0. The maximum Gasteiger partial charge on any atom is 0.161 e. The summed E-state index contributed by atoms with van der Waals surface area (Å²) >= 11 is 3.46. The standard InChI is InChI=1S/C16H13NO2S2/c1-4-8-15-12(5-1)17-16(21-15)20-10-11-9-18-13-6-2-3-7-14(13)19-11/h1-8,11H,9-10H2. The van der Waals surface area contributed by atoms with Crippen LogP contribution in [-0.2, 0) is 0 Å². The lowest BCUT2D eigenvalue weighted by Gasteiger charge is -2.25. The molecule has 5 heteroatoms. The van der Waals surface area contributed by atoms with Gasteiger partial charge in [-0.15, -0.1) is 11.3 Å². The van der Waals surface area contributed by atoms with E-state index in [0.29, 0.717) is 6.61 Å². The van der Waals surface area contributed by atoms with E-state index in [1.54, 1.807) is 23.1 Å². The van der Waals surface area contributed by atoms with E-state index in [-0.39, 0.29) is 6.10 Å². The Bertz CT molecular complexity index is 739. The zero-order valence-electron chi connectivity index (χ0n) is 11.2. The first-order chi connectivity index (χ1) is 10.4. The lowest BCUT2D eigenvalue weighted by molar-refractivity contribution is 0.107. The molecule has 0 fully saturated rings. The molecule has 106 valence electrons. The highest BCUT2D eigenvalue weighted by Crippen LogP contribution is 2.34. The molecule has 0 saturated heterocycles. The van der Waals surface area contributed by atoms with E-state index in [9.17, 15) is 0 Å². The van der Waals surface area contributed by atoms with Crippen LogP contribution in [0.4, 0.5) is 0 Å². The minimum Gasteiger partial charge on any atom is -0.486 e. The van der Waals surface area contributed by atoms with Gasteiger partial charge in [-0.1, -0.05) is 36.0 Å². The normalized spacial score (nSPS) is 17.0. The number of aromatic nitrogens is 1. The Balaban J connectivity index is 1.43. The Labute approximate surface area is 130 Å². The predicted octanol–water partition coefficient (Wildman–Crippen LogP) is 4.23. The van der Waals surface area contributed by atoms with E-state index in [0.717, 1.165) is 27.1 Å². The molecule has 1 aliphatic heterocycles. The Kier molecular flexibility index (Phi) is 3.45. The van der Waals surface area contributed by atoms with Crippen LogP contribution >= 0.6 is 23.1 Å². The second-order valence-electron chi connectivity index (χ2n) is 4.76. The first kappa shape index (κ1) is 13.0. The molecular weight excluding hydrogens is 302 g/mol. The molecule has 2 aromatic carbocycles. The Morgan fingerprint density at radius 3 is 2.81 bits per heavy atom. The van der Waals surface area contributed by atoms with Crippen LogP contribution in [0.25, 0.3) is 10.2 Å². The van der Waals surface area contributed by atoms with E-state index in [4.69, 9.17) is 9.47 Å². The smallest absolute Gasteiger partial charge is 0.161 e. The van der Waals surface area contributed by atoms with E-state index in [2.05, 4.69) is 11.1 Å². The molecule has 0 saturated carbocycles. The fourth-order valence-corrected chi connectivity index (χ4v) is 4.28. The summed E-state index contributed by atoms with van der Waals surface area (Å²) in [5.41, 5.74) is 1.07. The van der Waals surface area contributed by atoms with Gasteiger partial charge < -0.3 is 9.47 Å². The molecule has 1 aromatic heterocycles. The molecule has 0 bridgehead atoms. The van der Waals surface area contributed by atoms with Gasteiger partial charge in [-0.05, 0) is 24.3 Å². The van der Waals surface area contributed by atoms with Crippen molar-refractivity contribution in [2.24, 2.45) is 0 Å². The van der Waals surface area contributed by atoms with Crippen molar-refractivity contribution < 1.29 is 9.47 Å². The van der Waals surface area contributed by atoms with Gasteiger partial charge in [0.25, 0.3) is 0 Å². The van der Waals surface area contributed by atoms with Gasteiger partial charge in [-0.2, -0.15) is 0 Å². The topological polar surface area (TPSA) is 31.4 Å². The average Bonchev–Trinajstić information content (AvgIpc) is 2.95. The lowest BCUT2D eigenvalue weighted by Crippen LogP contribution is -2.31. The maximum absolute atomic E-state index is 5.96. The van der Waals surface area contributed by atoms with Crippen molar-refractivity contribution in [3.63, 3.8) is 0 Å². The summed E-state index contributed by atoms with van der Waals surface area (Å²) in [5.74, 6) is 2.51. The minimum atomic E-state index is 0.0666. The Hall–Kier alpha value is -1.72. The van der Waals surface area contributed by atoms with Crippen molar-refractivity contribution >= 4 is 33.3 Å². The number of benzene rings is 2. The zero-order valence-corrected chi connectivity index (χ0v) is 12.8. The number of para-hydroxylation sites is 3. The van der Waals surface area contributed by atoms with Crippen molar-refractivity contribution in [3.05, 3.63) is 48.5 Å². The van der Waals surface area contributed by atoms with Crippen LogP contribution < -0.4 is 9.47 Å². The average molecular weight is 315 g/mol. The molecule has 0 radical (unpaired) electrons. The molecule has 3 nitrogen and oxygen atoms in total. The van der Waals surface area contributed by atoms with E-state index < -0.39 is 0 Å². The second-order valence-corrected chi connectivity index (χ2v) is 7.05. The molecule has 0 amide bonds. The number of rotatable bonds is 3. The van der Waals surface area contributed by atoms with Crippen molar-refractivity contribution in [3.8, 4) is 11.5 Å². The number of thioether (sulfide) groups is 1. The van der Waals surface area contributed by atoms with E-state index in [1.165, 1.54) is 4.70 Å². The summed E-state index contributed by atoms with van der Waals surface area (Å²) < 4.78 is 14.0. The molecule has 1 atom stereocenters. The molecule has 3 aromatic rings. The highest BCUT2D eigenvalue weighted by molar-refractivity contribution is 8.01. The minimum absolute atomic E-state index is 0.0666. The monoisotopic (exact) mass is 315 g/mol. The van der Waals surface area contributed by atoms with Crippen LogP contribution in [0, 0.1) is 0 Å². The molecule has 0 aliphatic carbocycles. The highest BCUT2D eigenvalue weighted by Gasteiger charge is 2.21. The van der Waals surface area contributed by atoms with Crippen LogP contribution in [0.15, 0.2) is 52.9 Å². The summed E-state index contributed by atoms with van der Waals surface area (Å²) in [4.78, 5) is 4.63. The Morgan fingerprint density at radius 1 is 1.10 bits per heavy atom. The summed E-state index contributed by atoms with van der Waals surface area (Å²) in [6, 6.07) is 16.0. The van der Waals surface area contributed by atoms with Crippen molar-refractivity contribution in [1.82, 2.24) is 4.98 Å². The van der Waals surface area contributed by atoms with Gasteiger partial charge in [0.05, 0.1) is 10.2 Å². The number of thiazole rings is 1. The third kappa shape index (κ3) is 2.71. The number of hydrogen-bond acceptors (Lipinski definition) is 5. The van der Waals surface area contributed by atoms with Crippen LogP contribution in [0.5, 0.6) is 11.5 Å². The highest BCUT2D eigenvalue weighted by atomic mass is 32.2. The van der Waals surface area contributed by atoms with Crippen LogP contribution in [0.2, 0.25) is 0 Å². The SMILES string of the molecule is c1ccc2c(c1)OCC(CSc1nc3ccccc3s1)O2. The fourth-order valence-electron chi connectivity index (χ4n) is 2.22. The van der Waals surface area contributed by atoms with Crippen LogP contribution in [0.1, 0.15) is 0 Å². The second kappa shape index (κ2) is 5.58. The van der Waals surface area contributed by atoms with Crippen molar-refractivity contribution in [2.45, 2.75) is 10.4 Å². The lowest BCUT2D eigenvalue weighted by atomic mass is 10.3. The first-order valence-corrected chi connectivity index (χ1v) is 8.55. The molecule has 1 aliphatic rings. The number of nitrogens with zero attached hydrogens (tertiary/aromatic N) is 1. The van der Waals surface area contributed by atoms with Gasteiger partial charge in [0.15, 0.2) is 15.8 Å². The van der Waals surface area contributed by atoms with Gasteiger partial charge in [-0.25, -0.2) is 4.98 Å². The Morgan fingerprint density at radius 2 is 1.90 bits per heavy atom. The van der Waals surface area contributed by atoms with E-state index >= 15 is 0 Å². The molecule has 0 N–H and O–H groups in total. The van der Waals surface area contributed by atoms with Gasteiger partial charge in [0.2, 0.25) is 0 Å². The molecule has 1 unspecified atom stereocenters. The van der Waals surface area contributed by atoms with Gasteiger partial charge in [0, 0.05) is 5.75 Å². The summed E-state index contributed by atoms with van der Waals surface area (Å²) in [6.45, 7) is 0.592. The quantitative estimate of drug-likeness (QED) is 0.677. The molecular formula is C16H13NO2S2. The van der Waals surface area contributed by atoms with Crippen LogP contribution in [-0.4, -0.2) is 23.4 Å². The summed E-state index contributed by atoms with van der Waals surface area (Å²) in [5, 5.41) is 0. The van der Waals surface area contributed by atoms with Gasteiger partial charge >= 0.3 is 0 Å². The predicted molar refractivity (Wildman–Crippen MR) is 86.7 cm³/mol. The summed E-state index contributed by atoms with van der Waals surface area (Å²) in [7, 11) is 0. The molecule has 2 heterocycles. The van der Waals surface area contributed by atoms with Crippen LogP contribution in [0.3, 0.4) is 0 Å². The van der Waals surface area contributed by atoms with Gasteiger partial charge in [-0.3, -0.25) is 0 Å². The van der Waals surface area contributed by atoms with Crippen molar-refractivity contribution in [1.29, 1.82) is 0 Å². The third-order valence-corrected chi connectivity index (χ3v) is 5.55. The fraction of sp³-hybridized carbons (Fsp3) is 0.188. The first-order valence-electron chi connectivity index (χ1n) is 6.75. The molecule has 21 heavy (non-hydrogen) atoms.